The summed E-state index contributed by atoms with van der Waals surface area (Å²) < 4.78 is 5.27. The van der Waals surface area contributed by atoms with Crippen molar-refractivity contribution in [2.24, 2.45) is 0 Å². The number of methoxy groups -OCH3 is 1. The van der Waals surface area contributed by atoms with Gasteiger partial charge >= 0.3 is 5.97 Å². The topological polar surface area (TPSA) is 66.8 Å². The van der Waals surface area contributed by atoms with Crippen molar-refractivity contribution in [3.63, 3.8) is 0 Å². The number of carboxylic acids is 1. The maximum atomic E-state index is 13.0. The molecule has 1 saturated heterocycles. The summed E-state index contributed by atoms with van der Waals surface area (Å²) in [6.07, 6.45) is 2.62. The number of aliphatic carboxylic acids is 1. The standard InChI is InChI=1S/C21H23NO4/c1-26-19-10-5-7-16(13-19)15-6-4-8-17(12-15)21(25)22-11-3-2-9-18(22)14-20(23)24/h4-8,10,12-13,18H,2-3,9,11,14H2,1H3,(H,23,24)/t18-/m1/s1. The minimum Gasteiger partial charge on any atom is -0.497 e. The Balaban J connectivity index is 1.86. The molecule has 0 saturated carbocycles. The lowest BCUT2D eigenvalue weighted by molar-refractivity contribution is -0.138. The first-order valence-corrected chi connectivity index (χ1v) is 8.86. The summed E-state index contributed by atoms with van der Waals surface area (Å²) in [7, 11) is 1.62. The number of carboxylic acid groups (broad SMARTS) is 1. The molecule has 0 aliphatic carbocycles. The molecular weight excluding hydrogens is 330 g/mol. The van der Waals surface area contributed by atoms with E-state index in [1.165, 1.54) is 0 Å². The van der Waals surface area contributed by atoms with Crippen LogP contribution in [0.15, 0.2) is 48.5 Å². The third kappa shape index (κ3) is 4.04. The van der Waals surface area contributed by atoms with Gasteiger partial charge in [-0.25, -0.2) is 0 Å². The van der Waals surface area contributed by atoms with Gasteiger partial charge in [-0.3, -0.25) is 9.59 Å². The Bertz CT molecular complexity index is 802. The average Bonchev–Trinajstić information content (AvgIpc) is 2.67. The molecule has 0 aromatic heterocycles. The fourth-order valence-corrected chi connectivity index (χ4v) is 3.48. The van der Waals surface area contributed by atoms with Crippen molar-refractivity contribution in [2.45, 2.75) is 31.7 Å². The zero-order valence-corrected chi connectivity index (χ0v) is 14.9. The van der Waals surface area contributed by atoms with Gasteiger partial charge < -0.3 is 14.7 Å². The third-order valence-corrected chi connectivity index (χ3v) is 4.81. The number of amides is 1. The predicted molar refractivity (Wildman–Crippen MR) is 99.4 cm³/mol. The van der Waals surface area contributed by atoms with Crippen LogP contribution in [0.25, 0.3) is 11.1 Å². The normalized spacial score (nSPS) is 17.0. The number of hydrogen-bond donors (Lipinski definition) is 1. The van der Waals surface area contributed by atoms with Crippen LogP contribution in [0.5, 0.6) is 5.75 Å². The summed E-state index contributed by atoms with van der Waals surface area (Å²) >= 11 is 0. The van der Waals surface area contributed by atoms with E-state index in [1.807, 2.05) is 42.5 Å². The second-order valence-corrected chi connectivity index (χ2v) is 6.56. The fraction of sp³-hybridized carbons (Fsp3) is 0.333. The number of carbonyl (C=O) groups excluding carboxylic acids is 1. The zero-order valence-electron chi connectivity index (χ0n) is 14.9. The van der Waals surface area contributed by atoms with E-state index >= 15 is 0 Å². The molecule has 1 atom stereocenters. The van der Waals surface area contributed by atoms with Gasteiger partial charge in [-0.15, -0.1) is 0 Å². The van der Waals surface area contributed by atoms with Gasteiger partial charge in [0.1, 0.15) is 5.75 Å². The van der Waals surface area contributed by atoms with Gasteiger partial charge in [-0.05, 0) is 54.7 Å². The van der Waals surface area contributed by atoms with Gasteiger partial charge in [-0.1, -0.05) is 24.3 Å². The van der Waals surface area contributed by atoms with Crippen molar-refractivity contribution in [3.05, 3.63) is 54.1 Å². The number of nitrogens with zero attached hydrogens (tertiary/aromatic N) is 1. The lowest BCUT2D eigenvalue weighted by Gasteiger charge is -2.35. The molecule has 0 bridgehead atoms. The van der Waals surface area contributed by atoms with Gasteiger partial charge in [0.15, 0.2) is 0 Å². The lowest BCUT2D eigenvalue weighted by atomic mass is 9.97. The second kappa shape index (κ2) is 8.04. The number of benzene rings is 2. The second-order valence-electron chi connectivity index (χ2n) is 6.56. The SMILES string of the molecule is COc1cccc(-c2cccc(C(=O)N3CCCC[C@@H]3CC(=O)O)c2)c1. The van der Waals surface area contributed by atoms with Crippen molar-refractivity contribution in [1.29, 1.82) is 0 Å². The van der Waals surface area contributed by atoms with Crippen molar-refractivity contribution in [3.8, 4) is 16.9 Å². The van der Waals surface area contributed by atoms with E-state index in [9.17, 15) is 9.59 Å². The Kier molecular flexibility index (Phi) is 5.56. The highest BCUT2D eigenvalue weighted by Gasteiger charge is 2.29. The van der Waals surface area contributed by atoms with Crippen LogP contribution < -0.4 is 4.74 Å². The van der Waals surface area contributed by atoms with Crippen molar-refractivity contribution >= 4 is 11.9 Å². The van der Waals surface area contributed by atoms with E-state index in [4.69, 9.17) is 9.84 Å². The molecule has 0 radical (unpaired) electrons. The third-order valence-electron chi connectivity index (χ3n) is 4.81. The molecule has 1 amide bonds. The number of rotatable bonds is 5. The molecule has 3 rings (SSSR count). The number of piperidine rings is 1. The maximum Gasteiger partial charge on any atom is 0.305 e. The highest BCUT2D eigenvalue weighted by atomic mass is 16.5. The van der Waals surface area contributed by atoms with Gasteiger partial charge in [0, 0.05) is 18.2 Å². The van der Waals surface area contributed by atoms with E-state index in [-0.39, 0.29) is 18.4 Å². The van der Waals surface area contributed by atoms with Crippen LogP contribution in [0.1, 0.15) is 36.0 Å². The quantitative estimate of drug-likeness (QED) is 0.887. The molecule has 1 fully saturated rings. The van der Waals surface area contributed by atoms with Crippen molar-refractivity contribution in [1.82, 2.24) is 4.90 Å². The lowest BCUT2D eigenvalue weighted by Crippen LogP contribution is -2.44. The minimum absolute atomic E-state index is 0.00130. The smallest absolute Gasteiger partial charge is 0.305 e. The Morgan fingerprint density at radius 3 is 2.58 bits per heavy atom. The summed E-state index contributed by atoms with van der Waals surface area (Å²) in [5, 5.41) is 9.13. The molecule has 0 spiro atoms. The zero-order chi connectivity index (χ0) is 18.5. The molecule has 5 nitrogen and oxygen atoms in total. The first-order valence-electron chi connectivity index (χ1n) is 8.86. The molecule has 2 aromatic carbocycles. The van der Waals surface area contributed by atoms with Crippen molar-refractivity contribution in [2.75, 3.05) is 13.7 Å². The summed E-state index contributed by atoms with van der Waals surface area (Å²) in [6.45, 7) is 0.611. The van der Waals surface area contributed by atoms with E-state index in [0.29, 0.717) is 12.1 Å². The van der Waals surface area contributed by atoms with Crippen LogP contribution in [0, 0.1) is 0 Å². The summed E-state index contributed by atoms with van der Waals surface area (Å²) in [4.78, 5) is 25.9. The number of carbonyl (C=O) groups is 2. The Morgan fingerprint density at radius 1 is 1.12 bits per heavy atom. The molecule has 1 aliphatic rings. The molecule has 1 aliphatic heterocycles. The van der Waals surface area contributed by atoms with Gasteiger partial charge in [0.2, 0.25) is 0 Å². The highest BCUT2D eigenvalue weighted by Crippen LogP contribution is 2.27. The average molecular weight is 353 g/mol. The summed E-state index contributed by atoms with van der Waals surface area (Å²) in [5.41, 5.74) is 2.49. The van der Waals surface area contributed by atoms with Gasteiger partial charge in [-0.2, -0.15) is 0 Å². The number of ether oxygens (including phenoxy) is 1. The Hall–Kier alpha value is -2.82. The summed E-state index contributed by atoms with van der Waals surface area (Å²) in [6, 6.07) is 14.9. The van der Waals surface area contributed by atoms with Crippen LogP contribution in [-0.4, -0.2) is 41.6 Å². The van der Waals surface area contributed by atoms with Crippen LogP contribution >= 0.6 is 0 Å². The van der Waals surface area contributed by atoms with E-state index in [0.717, 1.165) is 36.1 Å². The molecule has 26 heavy (non-hydrogen) atoms. The minimum atomic E-state index is -0.861. The van der Waals surface area contributed by atoms with E-state index < -0.39 is 5.97 Å². The van der Waals surface area contributed by atoms with Crippen LogP contribution in [-0.2, 0) is 4.79 Å². The molecule has 2 aromatic rings. The predicted octanol–water partition coefficient (Wildman–Crippen LogP) is 3.83. The molecule has 1 N–H and O–H groups in total. The summed E-state index contributed by atoms with van der Waals surface area (Å²) in [5.74, 6) is -0.197. The first kappa shape index (κ1) is 18.0. The molecule has 1 heterocycles. The van der Waals surface area contributed by atoms with Gasteiger partial charge in [0.05, 0.1) is 13.5 Å². The monoisotopic (exact) mass is 353 g/mol. The van der Waals surface area contributed by atoms with Crippen molar-refractivity contribution < 1.29 is 19.4 Å². The molecule has 5 heteroatoms. The number of likely N-dealkylation sites (tertiary alicyclic amines) is 1. The van der Waals surface area contributed by atoms with Crippen LogP contribution in [0.2, 0.25) is 0 Å². The van der Waals surface area contributed by atoms with Gasteiger partial charge in [0.25, 0.3) is 5.91 Å². The molecular formula is C21H23NO4. The Labute approximate surface area is 153 Å². The highest BCUT2D eigenvalue weighted by molar-refractivity contribution is 5.96. The van der Waals surface area contributed by atoms with E-state index in [1.54, 1.807) is 18.1 Å². The van der Waals surface area contributed by atoms with Crippen LogP contribution in [0.3, 0.4) is 0 Å². The molecule has 0 unspecified atom stereocenters. The first-order chi connectivity index (χ1) is 12.6. The molecule has 136 valence electrons. The maximum absolute atomic E-state index is 13.0. The van der Waals surface area contributed by atoms with E-state index in [2.05, 4.69) is 0 Å². The van der Waals surface area contributed by atoms with Crippen LogP contribution in [0.4, 0.5) is 0 Å². The fourth-order valence-electron chi connectivity index (χ4n) is 3.48. The Morgan fingerprint density at radius 2 is 1.85 bits per heavy atom. The largest absolute Gasteiger partial charge is 0.497 e. The number of hydrogen-bond acceptors (Lipinski definition) is 3.